The van der Waals surface area contributed by atoms with Gasteiger partial charge < -0.3 is 5.73 Å². The largest absolute Gasteiger partial charge is 0.326 e. The summed E-state index contributed by atoms with van der Waals surface area (Å²) in [6, 6.07) is -0.0791. The van der Waals surface area contributed by atoms with Crippen LogP contribution in [0.15, 0.2) is 0 Å². The zero-order chi connectivity index (χ0) is 11.6. The molecule has 2 unspecified atom stereocenters. The van der Waals surface area contributed by atoms with Crippen LogP contribution >= 0.6 is 0 Å². The minimum Gasteiger partial charge on any atom is -0.326 e. The Morgan fingerprint density at radius 3 is 2.13 bits per heavy atom. The molecule has 1 rings (SSSR count). The van der Waals surface area contributed by atoms with Gasteiger partial charge in [-0.15, -0.1) is 0 Å². The van der Waals surface area contributed by atoms with Crippen LogP contribution in [0.1, 0.15) is 25.7 Å². The molecule has 5 nitrogen and oxygen atoms in total. The van der Waals surface area contributed by atoms with Crippen molar-refractivity contribution in [1.29, 1.82) is 0 Å². The predicted molar refractivity (Wildman–Crippen MR) is 60.6 cm³/mol. The Balaban J connectivity index is 2.79. The number of nitrogens with two attached hydrogens (primary N) is 1. The Hall–Kier alpha value is -0.170. The summed E-state index contributed by atoms with van der Waals surface area (Å²) >= 11 is 0. The van der Waals surface area contributed by atoms with Gasteiger partial charge in [0, 0.05) is 33.2 Å². The molecule has 0 aromatic rings. The molecule has 0 spiro atoms. The van der Waals surface area contributed by atoms with Gasteiger partial charge in [0.15, 0.2) is 0 Å². The molecule has 1 fully saturated rings. The van der Waals surface area contributed by atoms with Gasteiger partial charge >= 0.3 is 0 Å². The summed E-state index contributed by atoms with van der Waals surface area (Å²) in [6.45, 7) is 0. The van der Waals surface area contributed by atoms with Crippen LogP contribution in [0.4, 0.5) is 0 Å². The van der Waals surface area contributed by atoms with E-state index >= 15 is 0 Å². The molecular weight excluding hydrogens is 214 g/mol. The van der Waals surface area contributed by atoms with Gasteiger partial charge in [0.05, 0.1) is 0 Å². The molecule has 2 N–H and O–H groups in total. The molecule has 6 heteroatoms. The molecule has 0 bridgehead atoms. The van der Waals surface area contributed by atoms with Gasteiger partial charge in [0.25, 0.3) is 10.2 Å². The Bertz CT molecular complexity index is 302. The van der Waals surface area contributed by atoms with Crippen LogP contribution in [0.5, 0.6) is 0 Å². The van der Waals surface area contributed by atoms with Crippen molar-refractivity contribution < 1.29 is 8.42 Å². The third kappa shape index (κ3) is 2.69. The minimum atomic E-state index is -3.32. The number of likely N-dealkylation sites (N-methyl/N-ethyl adjacent to an activating group) is 1. The van der Waals surface area contributed by atoms with Gasteiger partial charge in [-0.05, 0) is 12.8 Å². The quantitative estimate of drug-likeness (QED) is 0.748. The topological polar surface area (TPSA) is 66.6 Å². The average Bonchev–Trinajstić information content (AvgIpc) is 2.17. The van der Waals surface area contributed by atoms with Crippen LogP contribution in [0.3, 0.4) is 0 Å². The number of rotatable bonds is 3. The number of hydrogen-bond acceptors (Lipinski definition) is 3. The maximum Gasteiger partial charge on any atom is 0.281 e. The Labute approximate surface area is 92.4 Å². The molecule has 0 saturated heterocycles. The molecule has 0 heterocycles. The fourth-order valence-electron chi connectivity index (χ4n) is 2.02. The molecule has 1 aliphatic rings. The molecular formula is C9H21N3O2S. The summed E-state index contributed by atoms with van der Waals surface area (Å²) in [5.41, 5.74) is 5.95. The Morgan fingerprint density at radius 2 is 1.67 bits per heavy atom. The SMILES string of the molecule is CN(C)S(=O)(=O)N(C)C1CCCCC1N. The fourth-order valence-corrected chi connectivity index (χ4v) is 3.14. The van der Waals surface area contributed by atoms with E-state index in [4.69, 9.17) is 5.73 Å². The second kappa shape index (κ2) is 4.78. The fraction of sp³-hybridized carbons (Fsp3) is 1.00. The first-order valence-corrected chi connectivity index (χ1v) is 6.68. The molecule has 2 atom stereocenters. The van der Waals surface area contributed by atoms with Crippen LogP contribution in [0.2, 0.25) is 0 Å². The first kappa shape index (κ1) is 12.9. The van der Waals surface area contributed by atoms with E-state index in [-0.39, 0.29) is 12.1 Å². The lowest BCUT2D eigenvalue weighted by molar-refractivity contribution is 0.243. The summed E-state index contributed by atoms with van der Waals surface area (Å²) in [5.74, 6) is 0. The highest BCUT2D eigenvalue weighted by Crippen LogP contribution is 2.23. The average molecular weight is 235 g/mol. The highest BCUT2D eigenvalue weighted by molar-refractivity contribution is 7.86. The second-order valence-corrected chi connectivity index (χ2v) is 6.52. The lowest BCUT2D eigenvalue weighted by atomic mass is 9.91. The maximum absolute atomic E-state index is 11.9. The summed E-state index contributed by atoms with van der Waals surface area (Å²) in [6.07, 6.45) is 3.95. The third-order valence-electron chi connectivity index (χ3n) is 3.07. The molecule has 1 aliphatic carbocycles. The normalized spacial score (nSPS) is 28.7. The second-order valence-electron chi connectivity index (χ2n) is 4.32. The Morgan fingerprint density at radius 1 is 1.13 bits per heavy atom. The zero-order valence-corrected chi connectivity index (χ0v) is 10.5. The summed E-state index contributed by atoms with van der Waals surface area (Å²) < 4.78 is 26.4. The van der Waals surface area contributed by atoms with Crippen molar-refractivity contribution in [3.8, 4) is 0 Å². The van der Waals surface area contributed by atoms with Crippen molar-refractivity contribution in [1.82, 2.24) is 8.61 Å². The van der Waals surface area contributed by atoms with E-state index in [0.717, 1.165) is 25.7 Å². The van der Waals surface area contributed by atoms with Crippen molar-refractivity contribution in [2.24, 2.45) is 5.73 Å². The first-order chi connectivity index (χ1) is 6.87. The summed E-state index contributed by atoms with van der Waals surface area (Å²) in [7, 11) is 1.38. The monoisotopic (exact) mass is 235 g/mol. The molecule has 1 saturated carbocycles. The van der Waals surface area contributed by atoms with E-state index in [1.165, 1.54) is 8.61 Å². The van der Waals surface area contributed by atoms with E-state index in [9.17, 15) is 8.42 Å². The van der Waals surface area contributed by atoms with Crippen LogP contribution in [-0.2, 0) is 10.2 Å². The third-order valence-corrected chi connectivity index (χ3v) is 5.00. The predicted octanol–water partition coefficient (Wildman–Crippen LogP) is -0.00550. The van der Waals surface area contributed by atoms with Crippen molar-refractivity contribution in [2.75, 3.05) is 21.1 Å². The highest BCUT2D eigenvalue weighted by atomic mass is 32.2. The maximum atomic E-state index is 11.9. The van der Waals surface area contributed by atoms with Crippen LogP contribution < -0.4 is 5.73 Å². The van der Waals surface area contributed by atoms with Gasteiger partial charge in [0.1, 0.15) is 0 Å². The van der Waals surface area contributed by atoms with Gasteiger partial charge in [-0.1, -0.05) is 12.8 Å². The number of hydrogen-bond donors (Lipinski definition) is 1. The van der Waals surface area contributed by atoms with Crippen molar-refractivity contribution in [3.05, 3.63) is 0 Å². The lowest BCUT2D eigenvalue weighted by Gasteiger charge is -2.36. The van der Waals surface area contributed by atoms with E-state index in [1.54, 1.807) is 21.1 Å². The van der Waals surface area contributed by atoms with Gasteiger partial charge in [0.2, 0.25) is 0 Å². The molecule has 0 aromatic carbocycles. The van der Waals surface area contributed by atoms with Gasteiger partial charge in [-0.25, -0.2) is 0 Å². The number of nitrogens with zero attached hydrogens (tertiary/aromatic N) is 2. The Kier molecular flexibility index (Phi) is 4.11. The van der Waals surface area contributed by atoms with Crippen molar-refractivity contribution >= 4 is 10.2 Å². The standard InChI is InChI=1S/C9H21N3O2S/c1-11(2)15(13,14)12(3)9-7-5-4-6-8(9)10/h8-9H,4-7,10H2,1-3H3. The highest BCUT2D eigenvalue weighted by Gasteiger charge is 2.33. The molecule has 15 heavy (non-hydrogen) atoms. The van der Waals surface area contributed by atoms with E-state index in [0.29, 0.717) is 0 Å². The van der Waals surface area contributed by atoms with E-state index < -0.39 is 10.2 Å². The van der Waals surface area contributed by atoms with Gasteiger partial charge in [-0.3, -0.25) is 0 Å². The van der Waals surface area contributed by atoms with Crippen LogP contribution in [-0.4, -0.2) is 50.3 Å². The smallest absolute Gasteiger partial charge is 0.281 e. The molecule has 90 valence electrons. The van der Waals surface area contributed by atoms with Crippen LogP contribution in [0, 0.1) is 0 Å². The minimum absolute atomic E-state index is 0.0292. The molecule has 0 aromatic heterocycles. The van der Waals surface area contributed by atoms with Crippen LogP contribution in [0.25, 0.3) is 0 Å². The first-order valence-electron chi connectivity index (χ1n) is 5.28. The molecule has 0 radical (unpaired) electrons. The molecule has 0 amide bonds. The van der Waals surface area contributed by atoms with Crippen molar-refractivity contribution in [2.45, 2.75) is 37.8 Å². The summed E-state index contributed by atoms with van der Waals surface area (Å²) in [5, 5.41) is 0. The van der Waals surface area contributed by atoms with E-state index in [2.05, 4.69) is 0 Å². The lowest BCUT2D eigenvalue weighted by Crippen LogP contribution is -2.52. The van der Waals surface area contributed by atoms with Crippen molar-refractivity contribution in [3.63, 3.8) is 0 Å². The van der Waals surface area contributed by atoms with Gasteiger partial charge in [-0.2, -0.15) is 17.0 Å². The summed E-state index contributed by atoms with van der Waals surface area (Å²) in [4.78, 5) is 0. The molecule has 0 aliphatic heterocycles. The van der Waals surface area contributed by atoms with E-state index in [1.807, 2.05) is 0 Å². The zero-order valence-electron chi connectivity index (χ0n) is 9.68.